The first-order chi connectivity index (χ1) is 26.0. The Morgan fingerprint density at radius 3 is 1.85 bits per heavy atom. The summed E-state index contributed by atoms with van der Waals surface area (Å²) < 4.78 is 88.6. The first kappa shape index (κ1) is 35.7. The molecule has 278 valence electrons. The maximum atomic E-state index is 14.0. The van der Waals surface area contributed by atoms with Gasteiger partial charge in [-0.25, -0.2) is 40.6 Å². The van der Waals surface area contributed by atoms with Gasteiger partial charge < -0.3 is 18.6 Å². The van der Waals surface area contributed by atoms with E-state index >= 15 is 0 Å². The zero-order chi connectivity index (χ0) is 37.6. The molecule has 54 heavy (non-hydrogen) atoms. The zero-order valence-corrected chi connectivity index (χ0v) is 31.2. The number of nitrogens with one attached hydrogen (secondary N) is 2. The van der Waals surface area contributed by atoms with Crippen molar-refractivity contribution in [3.8, 4) is 45.5 Å². The van der Waals surface area contributed by atoms with Crippen molar-refractivity contribution in [3.05, 3.63) is 120 Å². The maximum absolute atomic E-state index is 14.0. The van der Waals surface area contributed by atoms with Crippen LogP contribution in [0, 0.1) is 12.7 Å². The first-order valence-electron chi connectivity index (χ1n) is 17.5. The van der Waals surface area contributed by atoms with Gasteiger partial charge in [0.25, 0.3) is 0 Å². The molecule has 0 radical (unpaired) electrons. The van der Waals surface area contributed by atoms with Crippen LogP contribution in [0.3, 0.4) is 0 Å². The van der Waals surface area contributed by atoms with Gasteiger partial charge in [-0.15, -0.1) is 0 Å². The van der Waals surface area contributed by atoms with Crippen LogP contribution in [0.15, 0.2) is 101 Å². The Bertz CT molecular complexity index is 2590. The number of aryl methyl sites for hydroxylation is 5. The Balaban J connectivity index is 1.06. The first-order valence-corrected chi connectivity index (χ1v) is 20.5. The third kappa shape index (κ3) is 7.14. The Kier molecular flexibility index (Phi) is 9.34. The van der Waals surface area contributed by atoms with Crippen LogP contribution >= 0.6 is 0 Å². The molecule has 2 N–H and O–H groups in total. The van der Waals surface area contributed by atoms with E-state index in [1.165, 1.54) is 43.4 Å². The minimum atomic E-state index is -4.05. The van der Waals surface area contributed by atoms with Gasteiger partial charge in [-0.2, -0.15) is 0 Å². The van der Waals surface area contributed by atoms with E-state index in [1.807, 2.05) is 30.0 Å². The second-order valence-corrected chi connectivity index (χ2v) is 16.9. The highest BCUT2D eigenvalue weighted by molar-refractivity contribution is 7.89. The third-order valence-electron chi connectivity index (χ3n) is 9.69. The lowest BCUT2D eigenvalue weighted by atomic mass is 10.1. The summed E-state index contributed by atoms with van der Waals surface area (Å²) in [6.07, 6.45) is 7.42. The predicted octanol–water partition coefficient (Wildman–Crippen LogP) is 6.72. The minimum Gasteiger partial charge on any atom is -0.457 e. The van der Waals surface area contributed by atoms with Crippen LogP contribution in [0.4, 0.5) is 4.39 Å². The Morgan fingerprint density at radius 2 is 1.30 bits per heavy atom. The van der Waals surface area contributed by atoms with Crippen LogP contribution in [-0.4, -0.2) is 43.0 Å². The molecule has 2 aliphatic rings. The highest BCUT2D eigenvalue weighted by atomic mass is 32.2. The van der Waals surface area contributed by atoms with E-state index in [0.29, 0.717) is 45.3 Å². The highest BCUT2D eigenvalue weighted by Crippen LogP contribution is 2.38. The molecule has 0 unspecified atom stereocenters. The summed E-state index contributed by atoms with van der Waals surface area (Å²) in [6.45, 7) is 3.49. The van der Waals surface area contributed by atoms with Crippen LogP contribution < -0.4 is 18.9 Å². The van der Waals surface area contributed by atoms with Gasteiger partial charge >= 0.3 is 0 Å². The van der Waals surface area contributed by atoms with Gasteiger partial charge in [-0.3, -0.25) is 0 Å². The summed E-state index contributed by atoms with van der Waals surface area (Å²) in [5.74, 6) is 2.82. The molecule has 0 saturated carbocycles. The summed E-state index contributed by atoms with van der Waals surface area (Å²) in [7, 11) is -6.43. The molecule has 0 amide bonds. The molecule has 12 nitrogen and oxygen atoms in total. The summed E-state index contributed by atoms with van der Waals surface area (Å²) in [5.41, 5.74) is 3.63. The fourth-order valence-corrected chi connectivity index (χ4v) is 8.55. The quantitative estimate of drug-likeness (QED) is 0.140. The number of hydrogen-bond acceptors (Lipinski definition) is 8. The number of ether oxygens (including phenoxy) is 2. The minimum absolute atomic E-state index is 0.00975. The molecular weight excluding hydrogens is 732 g/mol. The second kappa shape index (κ2) is 14.1. The van der Waals surface area contributed by atoms with E-state index in [-0.39, 0.29) is 22.1 Å². The number of sulfonamides is 2. The number of aromatic nitrogens is 4. The summed E-state index contributed by atoms with van der Waals surface area (Å²) in [6, 6.07) is 20.2. The van der Waals surface area contributed by atoms with Crippen molar-refractivity contribution in [2.24, 2.45) is 0 Å². The Hall–Kier alpha value is -5.35. The Labute approximate surface area is 312 Å². The number of halogens is 1. The Morgan fingerprint density at radius 1 is 0.722 bits per heavy atom. The molecule has 15 heteroatoms. The average molecular weight is 769 g/mol. The standard InChI is InChI=1S/C39H37FN6O6S2/c1-25-10-11-29(52-37-14-12-30(53(47,48)41-2)20-32(37)34-23-45-16-4-8-38(45)43-34)18-26(25)22-42-54(49,50)31-13-15-36(51-28-7-3-6-27(40)19-28)33(21-31)35-24-46-17-5-9-39(46)44-35/h3,6-7,10-15,18-21,23-24,41-42H,4-5,8-9,16-17,22H2,1-2H3. The molecule has 2 aromatic heterocycles. The molecule has 0 bridgehead atoms. The van der Waals surface area contributed by atoms with Crippen molar-refractivity contribution in [2.45, 2.75) is 62.0 Å². The van der Waals surface area contributed by atoms with Crippen LogP contribution in [0.1, 0.15) is 35.6 Å². The van der Waals surface area contributed by atoms with Crippen molar-refractivity contribution in [1.82, 2.24) is 28.5 Å². The van der Waals surface area contributed by atoms with Crippen LogP contribution in [-0.2, 0) is 52.5 Å². The predicted molar refractivity (Wildman–Crippen MR) is 200 cm³/mol. The molecule has 6 aromatic rings. The number of nitrogens with zero attached hydrogens (tertiary/aromatic N) is 4. The topological polar surface area (TPSA) is 146 Å². The summed E-state index contributed by atoms with van der Waals surface area (Å²) in [4.78, 5) is 9.60. The monoisotopic (exact) mass is 768 g/mol. The van der Waals surface area contributed by atoms with Gasteiger partial charge in [0.05, 0.1) is 21.2 Å². The molecule has 0 saturated heterocycles. The molecule has 0 atom stereocenters. The number of imidazole rings is 2. The largest absolute Gasteiger partial charge is 0.457 e. The van der Waals surface area contributed by atoms with Crippen LogP contribution in [0.25, 0.3) is 22.5 Å². The lowest BCUT2D eigenvalue weighted by Gasteiger charge is -2.15. The molecule has 2 aliphatic heterocycles. The van der Waals surface area contributed by atoms with Gasteiger partial charge in [-0.05, 0) is 98.6 Å². The molecule has 0 spiro atoms. The fourth-order valence-electron chi connectivity index (χ4n) is 6.76. The highest BCUT2D eigenvalue weighted by Gasteiger charge is 2.24. The molecule has 4 heterocycles. The molecule has 4 aromatic carbocycles. The molecule has 0 fully saturated rings. The van der Waals surface area contributed by atoms with E-state index in [4.69, 9.17) is 19.4 Å². The van der Waals surface area contributed by atoms with Crippen molar-refractivity contribution in [2.75, 3.05) is 7.05 Å². The third-order valence-corrected chi connectivity index (χ3v) is 12.5. The number of benzene rings is 4. The van der Waals surface area contributed by atoms with Crippen molar-refractivity contribution < 1.29 is 30.7 Å². The van der Waals surface area contributed by atoms with Crippen LogP contribution in [0.2, 0.25) is 0 Å². The van der Waals surface area contributed by atoms with Gasteiger partial charge in [0.2, 0.25) is 20.0 Å². The smallest absolute Gasteiger partial charge is 0.240 e. The lowest BCUT2D eigenvalue weighted by molar-refractivity contribution is 0.477. The zero-order valence-electron chi connectivity index (χ0n) is 29.5. The maximum Gasteiger partial charge on any atom is 0.240 e. The van der Waals surface area contributed by atoms with E-state index in [1.54, 1.807) is 36.4 Å². The van der Waals surface area contributed by atoms with Crippen molar-refractivity contribution in [3.63, 3.8) is 0 Å². The van der Waals surface area contributed by atoms with Gasteiger partial charge in [0.15, 0.2) is 0 Å². The molecule has 8 rings (SSSR count). The average Bonchev–Trinajstić information content (AvgIpc) is 3.95. The normalized spacial score (nSPS) is 13.9. The summed E-state index contributed by atoms with van der Waals surface area (Å²) in [5, 5.41) is 0. The van der Waals surface area contributed by atoms with E-state index < -0.39 is 25.9 Å². The number of rotatable bonds is 12. The van der Waals surface area contributed by atoms with Gasteiger partial charge in [0.1, 0.15) is 40.5 Å². The number of fused-ring (bicyclic) bond motifs is 2. The van der Waals surface area contributed by atoms with Crippen molar-refractivity contribution in [1.29, 1.82) is 0 Å². The lowest BCUT2D eigenvalue weighted by Crippen LogP contribution is -2.23. The van der Waals surface area contributed by atoms with E-state index in [9.17, 15) is 21.2 Å². The van der Waals surface area contributed by atoms with Crippen LogP contribution in [0.5, 0.6) is 23.0 Å². The second-order valence-electron chi connectivity index (χ2n) is 13.3. The van der Waals surface area contributed by atoms with Crippen molar-refractivity contribution >= 4 is 20.0 Å². The van der Waals surface area contributed by atoms with E-state index in [0.717, 1.165) is 56.0 Å². The number of hydrogen-bond donors (Lipinski definition) is 2. The van der Waals surface area contributed by atoms with Gasteiger partial charge in [0, 0.05) is 62.1 Å². The summed E-state index contributed by atoms with van der Waals surface area (Å²) >= 11 is 0. The SMILES string of the molecule is CNS(=O)(=O)c1ccc(Oc2ccc(C)c(CNS(=O)(=O)c3ccc(Oc4cccc(F)c4)c(-c4cn5c(n4)CCC5)c3)c2)c(-c2cn3c(n2)CCC3)c1. The fraction of sp³-hybridized carbons (Fsp3) is 0.231. The molecule has 0 aliphatic carbocycles. The van der Waals surface area contributed by atoms with E-state index in [2.05, 4.69) is 14.0 Å². The molecular formula is C39H37FN6O6S2. The van der Waals surface area contributed by atoms with Gasteiger partial charge in [-0.1, -0.05) is 12.1 Å².